The molecule has 2 N–H and O–H groups in total. The van der Waals surface area contributed by atoms with Crippen LogP contribution in [0.3, 0.4) is 0 Å². The van der Waals surface area contributed by atoms with E-state index in [0.717, 1.165) is 30.2 Å². The van der Waals surface area contributed by atoms with Gasteiger partial charge in [0.15, 0.2) is 0 Å². The van der Waals surface area contributed by atoms with Gasteiger partial charge in [0.2, 0.25) is 0 Å². The average Bonchev–Trinajstić information content (AvgIpc) is 2.67. The van der Waals surface area contributed by atoms with E-state index in [0.29, 0.717) is 0 Å². The number of nitrogens with zero attached hydrogens (tertiary/aromatic N) is 2. The molecule has 0 unspecified atom stereocenters. The molecule has 0 bridgehead atoms. The number of imidazole rings is 1. The molecule has 0 atom stereocenters. The summed E-state index contributed by atoms with van der Waals surface area (Å²) in [7, 11) is 0. The van der Waals surface area contributed by atoms with Crippen LogP contribution in [0.25, 0.3) is 0 Å². The van der Waals surface area contributed by atoms with Crippen LogP contribution in [0.2, 0.25) is 0 Å². The van der Waals surface area contributed by atoms with Crippen LogP contribution in [0.4, 0.5) is 0 Å². The van der Waals surface area contributed by atoms with Crippen LogP contribution < -0.4 is 5.32 Å². The van der Waals surface area contributed by atoms with E-state index in [2.05, 4.69) is 33.3 Å². The van der Waals surface area contributed by atoms with Crippen molar-refractivity contribution in [1.82, 2.24) is 20.3 Å². The third kappa shape index (κ3) is 2.46. The molecule has 4 nitrogen and oxygen atoms in total. The van der Waals surface area contributed by atoms with E-state index in [1.54, 1.807) is 6.33 Å². The summed E-state index contributed by atoms with van der Waals surface area (Å²) in [5.74, 6) is 0. The van der Waals surface area contributed by atoms with E-state index >= 15 is 0 Å². The molecule has 0 aromatic carbocycles. The number of aromatic nitrogens is 3. The summed E-state index contributed by atoms with van der Waals surface area (Å²) in [4.78, 5) is 11.6. The Morgan fingerprint density at radius 3 is 2.69 bits per heavy atom. The maximum absolute atomic E-state index is 4.33. The first-order chi connectivity index (χ1) is 7.77. The molecule has 2 aromatic rings. The monoisotopic (exact) mass is 216 g/mol. The first-order valence-electron chi connectivity index (χ1n) is 5.37. The van der Waals surface area contributed by atoms with Crippen LogP contribution in [0, 0.1) is 13.8 Å². The van der Waals surface area contributed by atoms with Gasteiger partial charge in [-0.15, -0.1) is 0 Å². The van der Waals surface area contributed by atoms with E-state index in [-0.39, 0.29) is 0 Å². The molecule has 2 aromatic heterocycles. The SMILES string of the molecule is Cc1cccnc1CNCc1nc[nH]c1C. The summed E-state index contributed by atoms with van der Waals surface area (Å²) < 4.78 is 0. The maximum atomic E-state index is 4.33. The van der Waals surface area contributed by atoms with E-state index in [1.165, 1.54) is 5.56 Å². The summed E-state index contributed by atoms with van der Waals surface area (Å²) >= 11 is 0. The molecule has 0 fully saturated rings. The number of pyridine rings is 1. The highest BCUT2D eigenvalue weighted by Gasteiger charge is 2.01. The molecule has 4 heteroatoms. The highest BCUT2D eigenvalue weighted by atomic mass is 15.0. The molecule has 0 saturated carbocycles. The molecule has 84 valence electrons. The summed E-state index contributed by atoms with van der Waals surface area (Å²) in [6.45, 7) is 5.64. The quantitative estimate of drug-likeness (QED) is 0.818. The first-order valence-corrected chi connectivity index (χ1v) is 5.37. The lowest BCUT2D eigenvalue weighted by atomic mass is 10.2. The molecule has 0 saturated heterocycles. The Kier molecular flexibility index (Phi) is 3.31. The van der Waals surface area contributed by atoms with Gasteiger partial charge in [-0.05, 0) is 25.5 Å². The Balaban J connectivity index is 1.89. The molecule has 0 aliphatic rings. The normalized spacial score (nSPS) is 10.6. The van der Waals surface area contributed by atoms with E-state index < -0.39 is 0 Å². The summed E-state index contributed by atoms with van der Waals surface area (Å²) in [6, 6.07) is 4.03. The molecular formula is C12H16N4. The van der Waals surface area contributed by atoms with E-state index in [4.69, 9.17) is 0 Å². The summed E-state index contributed by atoms with van der Waals surface area (Å²) in [6.07, 6.45) is 3.54. The standard InChI is InChI=1S/C12H16N4/c1-9-4-3-5-14-11(9)6-13-7-12-10(2)15-8-16-12/h3-5,8,13H,6-7H2,1-2H3,(H,15,16). The third-order valence-electron chi connectivity index (χ3n) is 2.64. The van der Waals surface area contributed by atoms with Crippen molar-refractivity contribution in [2.45, 2.75) is 26.9 Å². The molecule has 0 spiro atoms. The molecule has 16 heavy (non-hydrogen) atoms. The minimum Gasteiger partial charge on any atom is -0.348 e. The molecule has 2 heterocycles. The van der Waals surface area contributed by atoms with Gasteiger partial charge in [-0.3, -0.25) is 4.98 Å². The Morgan fingerprint density at radius 2 is 2.00 bits per heavy atom. The highest BCUT2D eigenvalue weighted by Crippen LogP contribution is 2.04. The van der Waals surface area contributed by atoms with E-state index in [1.807, 2.05) is 19.2 Å². The van der Waals surface area contributed by atoms with Crippen molar-refractivity contribution in [2.75, 3.05) is 0 Å². The number of aromatic amines is 1. The van der Waals surface area contributed by atoms with Crippen LogP contribution in [-0.2, 0) is 13.1 Å². The van der Waals surface area contributed by atoms with Gasteiger partial charge in [0.05, 0.1) is 17.7 Å². The van der Waals surface area contributed by atoms with Crippen molar-refractivity contribution in [3.63, 3.8) is 0 Å². The largest absolute Gasteiger partial charge is 0.348 e. The van der Waals surface area contributed by atoms with Crippen LogP contribution in [0.1, 0.15) is 22.6 Å². The Bertz CT molecular complexity index is 462. The van der Waals surface area contributed by atoms with Crippen LogP contribution in [-0.4, -0.2) is 15.0 Å². The molecule has 0 aliphatic heterocycles. The Hall–Kier alpha value is -1.68. The van der Waals surface area contributed by atoms with Crippen molar-refractivity contribution in [2.24, 2.45) is 0 Å². The minimum absolute atomic E-state index is 0.769. The molecule has 2 rings (SSSR count). The van der Waals surface area contributed by atoms with Crippen molar-refractivity contribution in [3.05, 3.63) is 47.3 Å². The average molecular weight is 216 g/mol. The number of nitrogens with one attached hydrogen (secondary N) is 2. The van der Waals surface area contributed by atoms with Gasteiger partial charge in [0.1, 0.15) is 0 Å². The molecular weight excluding hydrogens is 200 g/mol. The highest BCUT2D eigenvalue weighted by molar-refractivity contribution is 5.17. The summed E-state index contributed by atoms with van der Waals surface area (Å²) in [5, 5.41) is 3.34. The first kappa shape index (κ1) is 10.8. The zero-order chi connectivity index (χ0) is 11.4. The predicted molar refractivity (Wildman–Crippen MR) is 62.8 cm³/mol. The lowest BCUT2D eigenvalue weighted by molar-refractivity contribution is 0.664. The fourth-order valence-electron chi connectivity index (χ4n) is 1.57. The van der Waals surface area contributed by atoms with Crippen molar-refractivity contribution in [3.8, 4) is 0 Å². The fraction of sp³-hybridized carbons (Fsp3) is 0.333. The van der Waals surface area contributed by atoms with Crippen molar-refractivity contribution >= 4 is 0 Å². The third-order valence-corrected chi connectivity index (χ3v) is 2.64. The Labute approximate surface area is 95.1 Å². The second-order valence-corrected chi connectivity index (χ2v) is 3.84. The lowest BCUT2D eigenvalue weighted by Gasteiger charge is -2.05. The molecule has 0 radical (unpaired) electrons. The minimum atomic E-state index is 0.769. The second kappa shape index (κ2) is 4.90. The van der Waals surface area contributed by atoms with Gasteiger partial charge >= 0.3 is 0 Å². The van der Waals surface area contributed by atoms with Gasteiger partial charge in [-0.25, -0.2) is 4.98 Å². The second-order valence-electron chi connectivity index (χ2n) is 3.84. The van der Waals surface area contributed by atoms with E-state index in [9.17, 15) is 0 Å². The Morgan fingerprint density at radius 1 is 1.19 bits per heavy atom. The van der Waals surface area contributed by atoms with Crippen LogP contribution in [0.15, 0.2) is 24.7 Å². The molecule has 0 amide bonds. The number of H-pyrrole nitrogens is 1. The lowest BCUT2D eigenvalue weighted by Crippen LogP contribution is -2.15. The number of hydrogen-bond acceptors (Lipinski definition) is 3. The van der Waals surface area contributed by atoms with Gasteiger partial charge in [0, 0.05) is 25.0 Å². The zero-order valence-corrected chi connectivity index (χ0v) is 9.62. The van der Waals surface area contributed by atoms with Gasteiger partial charge in [-0.1, -0.05) is 6.07 Å². The topological polar surface area (TPSA) is 53.6 Å². The van der Waals surface area contributed by atoms with Crippen LogP contribution in [0.5, 0.6) is 0 Å². The van der Waals surface area contributed by atoms with Gasteiger partial charge in [-0.2, -0.15) is 0 Å². The fourth-order valence-corrected chi connectivity index (χ4v) is 1.57. The number of rotatable bonds is 4. The maximum Gasteiger partial charge on any atom is 0.0925 e. The smallest absolute Gasteiger partial charge is 0.0925 e. The van der Waals surface area contributed by atoms with Crippen molar-refractivity contribution < 1.29 is 0 Å². The van der Waals surface area contributed by atoms with Gasteiger partial charge in [0.25, 0.3) is 0 Å². The molecule has 0 aliphatic carbocycles. The van der Waals surface area contributed by atoms with Gasteiger partial charge < -0.3 is 10.3 Å². The van der Waals surface area contributed by atoms with Crippen LogP contribution >= 0.6 is 0 Å². The van der Waals surface area contributed by atoms with Crippen molar-refractivity contribution in [1.29, 1.82) is 0 Å². The number of hydrogen-bond donors (Lipinski definition) is 2. The predicted octanol–water partition coefficient (Wildman–Crippen LogP) is 1.71. The number of aryl methyl sites for hydroxylation is 2. The summed E-state index contributed by atoms with van der Waals surface area (Å²) in [5.41, 5.74) is 4.49. The zero-order valence-electron chi connectivity index (χ0n) is 9.62.